The van der Waals surface area contributed by atoms with E-state index in [1.807, 2.05) is 0 Å². The van der Waals surface area contributed by atoms with Crippen molar-refractivity contribution in [3.63, 3.8) is 0 Å². The fraction of sp³-hybridized carbons (Fsp3) is 0.500. The molecule has 1 fully saturated rings. The molecule has 1 aliphatic rings. The van der Waals surface area contributed by atoms with Crippen molar-refractivity contribution in [3.8, 4) is 0 Å². The van der Waals surface area contributed by atoms with Gasteiger partial charge in [0.1, 0.15) is 0 Å². The van der Waals surface area contributed by atoms with Gasteiger partial charge >= 0.3 is 0 Å². The van der Waals surface area contributed by atoms with E-state index in [1.165, 1.54) is 6.07 Å². The minimum atomic E-state index is -3.79. The third-order valence-electron chi connectivity index (χ3n) is 3.37. The molecular formula is C12H18N2O4S2. The summed E-state index contributed by atoms with van der Waals surface area (Å²) in [6, 6.07) is 6.43. The third-order valence-corrected chi connectivity index (χ3v) is 7.01. The SMILES string of the molecule is CC1(NS(=O)(=O)c2ccccc2CN)CCS(=O)(=O)C1. The molecule has 1 heterocycles. The minimum Gasteiger partial charge on any atom is -0.326 e. The molecule has 20 heavy (non-hydrogen) atoms. The van der Waals surface area contributed by atoms with Crippen molar-refractivity contribution in [1.82, 2.24) is 4.72 Å². The molecule has 8 heteroatoms. The van der Waals surface area contributed by atoms with Crippen molar-refractivity contribution in [3.05, 3.63) is 29.8 Å². The number of nitrogens with one attached hydrogen (secondary N) is 1. The van der Waals surface area contributed by atoms with E-state index in [0.29, 0.717) is 5.56 Å². The summed E-state index contributed by atoms with van der Waals surface area (Å²) >= 11 is 0. The lowest BCUT2D eigenvalue weighted by molar-refractivity contribution is 0.461. The first-order valence-corrected chi connectivity index (χ1v) is 9.50. The summed E-state index contributed by atoms with van der Waals surface area (Å²) in [6.07, 6.45) is 0.277. The average Bonchev–Trinajstić information content (AvgIpc) is 2.62. The van der Waals surface area contributed by atoms with Gasteiger partial charge in [-0.05, 0) is 25.0 Å². The van der Waals surface area contributed by atoms with E-state index < -0.39 is 25.4 Å². The van der Waals surface area contributed by atoms with Crippen LogP contribution in [0.5, 0.6) is 0 Å². The first-order chi connectivity index (χ1) is 9.18. The molecule has 1 aromatic rings. The summed E-state index contributed by atoms with van der Waals surface area (Å²) in [5, 5.41) is 0. The van der Waals surface area contributed by atoms with Gasteiger partial charge in [-0.15, -0.1) is 0 Å². The largest absolute Gasteiger partial charge is 0.326 e. The van der Waals surface area contributed by atoms with E-state index in [2.05, 4.69) is 4.72 Å². The molecule has 1 unspecified atom stereocenters. The van der Waals surface area contributed by atoms with E-state index in [0.717, 1.165) is 0 Å². The Kier molecular flexibility index (Phi) is 3.94. The highest BCUT2D eigenvalue weighted by Gasteiger charge is 2.41. The number of benzene rings is 1. The van der Waals surface area contributed by atoms with Gasteiger partial charge in [-0.3, -0.25) is 0 Å². The second kappa shape index (κ2) is 5.10. The van der Waals surface area contributed by atoms with Crippen LogP contribution in [0.15, 0.2) is 29.2 Å². The maximum atomic E-state index is 12.4. The van der Waals surface area contributed by atoms with Gasteiger partial charge in [0, 0.05) is 12.1 Å². The molecule has 0 spiro atoms. The minimum absolute atomic E-state index is 0.00452. The molecule has 1 saturated heterocycles. The zero-order chi connectivity index (χ0) is 15.0. The molecule has 0 aliphatic carbocycles. The smallest absolute Gasteiger partial charge is 0.241 e. The summed E-state index contributed by atoms with van der Waals surface area (Å²) < 4.78 is 50.4. The zero-order valence-electron chi connectivity index (χ0n) is 11.2. The van der Waals surface area contributed by atoms with Gasteiger partial charge in [-0.2, -0.15) is 0 Å². The van der Waals surface area contributed by atoms with Crippen molar-refractivity contribution in [1.29, 1.82) is 0 Å². The third kappa shape index (κ3) is 3.20. The molecule has 1 aromatic carbocycles. The molecule has 0 radical (unpaired) electrons. The normalized spacial score (nSPS) is 25.7. The molecule has 0 aromatic heterocycles. The van der Waals surface area contributed by atoms with Crippen LogP contribution in [-0.2, 0) is 26.4 Å². The number of sulfone groups is 1. The van der Waals surface area contributed by atoms with Crippen LogP contribution in [0.4, 0.5) is 0 Å². The lowest BCUT2D eigenvalue weighted by atomic mass is 10.0. The predicted octanol–water partition coefficient (Wildman–Crippen LogP) is 0.000800. The molecule has 0 bridgehead atoms. The van der Waals surface area contributed by atoms with E-state index in [9.17, 15) is 16.8 Å². The summed E-state index contributed by atoms with van der Waals surface area (Å²) in [6.45, 7) is 1.71. The molecule has 2 rings (SSSR count). The topological polar surface area (TPSA) is 106 Å². The van der Waals surface area contributed by atoms with Crippen molar-refractivity contribution >= 4 is 19.9 Å². The van der Waals surface area contributed by atoms with Crippen LogP contribution in [0.1, 0.15) is 18.9 Å². The van der Waals surface area contributed by atoms with Gasteiger partial charge in [0.05, 0.1) is 16.4 Å². The summed E-state index contributed by atoms with van der Waals surface area (Å²) in [7, 11) is -6.97. The van der Waals surface area contributed by atoms with Gasteiger partial charge in [0.15, 0.2) is 9.84 Å². The van der Waals surface area contributed by atoms with Gasteiger partial charge in [0.25, 0.3) is 0 Å². The molecule has 3 N–H and O–H groups in total. The fourth-order valence-electron chi connectivity index (χ4n) is 2.40. The van der Waals surface area contributed by atoms with E-state index in [-0.39, 0.29) is 29.4 Å². The van der Waals surface area contributed by atoms with Crippen LogP contribution in [0.2, 0.25) is 0 Å². The number of nitrogens with two attached hydrogens (primary N) is 1. The Balaban J connectivity index is 2.33. The van der Waals surface area contributed by atoms with E-state index in [1.54, 1.807) is 25.1 Å². The van der Waals surface area contributed by atoms with Gasteiger partial charge < -0.3 is 5.73 Å². The Morgan fingerprint density at radius 1 is 1.35 bits per heavy atom. The molecule has 1 aliphatic heterocycles. The Morgan fingerprint density at radius 3 is 2.55 bits per heavy atom. The Morgan fingerprint density at radius 2 is 2.00 bits per heavy atom. The summed E-state index contributed by atoms with van der Waals surface area (Å²) in [5.41, 5.74) is 5.09. The maximum Gasteiger partial charge on any atom is 0.241 e. The highest BCUT2D eigenvalue weighted by atomic mass is 32.2. The molecule has 0 saturated carbocycles. The first-order valence-electron chi connectivity index (χ1n) is 6.20. The van der Waals surface area contributed by atoms with E-state index >= 15 is 0 Å². The Bertz CT molecular complexity index is 713. The monoisotopic (exact) mass is 318 g/mol. The Hall–Kier alpha value is -0.960. The molecule has 0 amide bonds. The molecular weight excluding hydrogens is 300 g/mol. The van der Waals surface area contributed by atoms with Crippen molar-refractivity contribution < 1.29 is 16.8 Å². The average molecular weight is 318 g/mol. The summed E-state index contributed by atoms with van der Waals surface area (Å²) in [5.74, 6) is -0.172. The fourth-order valence-corrected chi connectivity index (χ4v) is 6.28. The quantitative estimate of drug-likeness (QED) is 0.813. The van der Waals surface area contributed by atoms with Crippen LogP contribution >= 0.6 is 0 Å². The van der Waals surface area contributed by atoms with Crippen LogP contribution in [-0.4, -0.2) is 33.9 Å². The van der Waals surface area contributed by atoms with Gasteiger partial charge in [-0.25, -0.2) is 21.6 Å². The first kappa shape index (κ1) is 15.4. The second-order valence-corrected chi connectivity index (χ2v) is 9.15. The van der Waals surface area contributed by atoms with E-state index in [4.69, 9.17) is 5.73 Å². The maximum absolute atomic E-state index is 12.4. The van der Waals surface area contributed by atoms with Crippen molar-refractivity contribution in [2.45, 2.75) is 30.3 Å². The van der Waals surface area contributed by atoms with Gasteiger partial charge in [-0.1, -0.05) is 18.2 Å². The summed E-state index contributed by atoms with van der Waals surface area (Å²) in [4.78, 5) is 0.105. The predicted molar refractivity (Wildman–Crippen MR) is 76.3 cm³/mol. The van der Waals surface area contributed by atoms with Crippen LogP contribution in [0.3, 0.4) is 0 Å². The second-order valence-electron chi connectivity index (χ2n) is 5.32. The van der Waals surface area contributed by atoms with Crippen LogP contribution in [0.25, 0.3) is 0 Å². The zero-order valence-corrected chi connectivity index (χ0v) is 12.8. The highest BCUT2D eigenvalue weighted by Crippen LogP contribution is 2.26. The van der Waals surface area contributed by atoms with Crippen molar-refractivity contribution in [2.24, 2.45) is 5.73 Å². The molecule has 1 atom stereocenters. The number of hydrogen-bond acceptors (Lipinski definition) is 5. The molecule has 112 valence electrons. The molecule has 6 nitrogen and oxygen atoms in total. The highest BCUT2D eigenvalue weighted by molar-refractivity contribution is 7.92. The lowest BCUT2D eigenvalue weighted by Gasteiger charge is -2.24. The number of rotatable bonds is 4. The van der Waals surface area contributed by atoms with Crippen molar-refractivity contribution in [2.75, 3.05) is 11.5 Å². The number of sulfonamides is 1. The number of hydrogen-bond donors (Lipinski definition) is 2. The van der Waals surface area contributed by atoms with Crippen LogP contribution in [0, 0.1) is 0 Å². The standard InChI is InChI=1S/C12H18N2O4S2/c1-12(6-7-19(15,16)9-12)14-20(17,18)11-5-3-2-4-10(11)8-13/h2-5,14H,6-9,13H2,1H3. The van der Waals surface area contributed by atoms with Gasteiger partial charge in [0.2, 0.25) is 10.0 Å². The Labute approximate surface area is 119 Å². The van der Waals surface area contributed by atoms with Crippen LogP contribution < -0.4 is 10.5 Å². The lowest BCUT2D eigenvalue weighted by Crippen LogP contribution is -2.47.